The maximum atomic E-state index is 13.5. The molecule has 0 N–H and O–H groups in total. The molecule has 2 aliphatic heterocycles. The number of sulfonamides is 1. The summed E-state index contributed by atoms with van der Waals surface area (Å²) >= 11 is 0. The third kappa shape index (κ3) is 4.44. The summed E-state index contributed by atoms with van der Waals surface area (Å²) in [6, 6.07) is 7.80. The van der Waals surface area contributed by atoms with Crippen molar-refractivity contribution >= 4 is 33.3 Å². The topological polar surface area (TPSA) is 95.1 Å². The second kappa shape index (κ2) is 9.29. The van der Waals surface area contributed by atoms with Crippen LogP contribution in [-0.4, -0.2) is 67.4 Å². The molecular formula is C26H31N3O5S. The molecule has 2 heterocycles. The minimum atomic E-state index is -3.69. The fraction of sp³-hybridized carbons (Fsp3) is 0.423. The number of benzene rings is 2. The van der Waals surface area contributed by atoms with Gasteiger partial charge in [-0.3, -0.25) is 19.3 Å². The zero-order valence-corrected chi connectivity index (χ0v) is 21.6. The molecule has 2 fully saturated rings. The van der Waals surface area contributed by atoms with Gasteiger partial charge in [0.2, 0.25) is 15.9 Å². The van der Waals surface area contributed by atoms with Gasteiger partial charge in [0, 0.05) is 31.7 Å². The fourth-order valence-electron chi connectivity index (χ4n) is 4.97. The number of hydrogen-bond donors (Lipinski definition) is 0. The minimum absolute atomic E-state index is 0.0509. The predicted molar refractivity (Wildman–Crippen MR) is 133 cm³/mol. The molecule has 35 heavy (non-hydrogen) atoms. The molecule has 8 nitrogen and oxygen atoms in total. The molecule has 2 aromatic carbocycles. The van der Waals surface area contributed by atoms with Crippen molar-refractivity contribution in [1.82, 2.24) is 9.21 Å². The van der Waals surface area contributed by atoms with Gasteiger partial charge in [-0.05, 0) is 81.1 Å². The van der Waals surface area contributed by atoms with Crippen molar-refractivity contribution in [3.63, 3.8) is 0 Å². The smallest absolute Gasteiger partial charge is 0.251 e. The standard InChI is InChI=1S/C26H31N3O5S/c1-16-14-17(2)19(4)25(18(16)3)35(33,34)28-12-10-27(11-13-28)23-15-24(31)29(26(23)32)22-8-6-21(7-9-22)20(5)30/h6-9,14,23H,10-13,15H2,1-5H3. The Hall–Kier alpha value is -2.88. The lowest BCUT2D eigenvalue weighted by Crippen LogP contribution is -2.53. The highest BCUT2D eigenvalue weighted by atomic mass is 32.2. The molecule has 0 spiro atoms. The Morgan fingerprint density at radius 1 is 0.886 bits per heavy atom. The molecule has 1 atom stereocenters. The third-order valence-corrected chi connectivity index (χ3v) is 9.44. The number of nitrogens with zero attached hydrogens (tertiary/aromatic N) is 3. The van der Waals surface area contributed by atoms with Gasteiger partial charge >= 0.3 is 0 Å². The Balaban J connectivity index is 1.49. The number of rotatable bonds is 5. The van der Waals surface area contributed by atoms with E-state index in [9.17, 15) is 22.8 Å². The van der Waals surface area contributed by atoms with Gasteiger partial charge in [-0.15, -0.1) is 0 Å². The van der Waals surface area contributed by atoms with Crippen LogP contribution in [0.4, 0.5) is 5.69 Å². The van der Waals surface area contributed by atoms with Crippen molar-refractivity contribution in [2.75, 3.05) is 31.1 Å². The first-order valence-electron chi connectivity index (χ1n) is 11.7. The van der Waals surface area contributed by atoms with Crippen LogP contribution in [0.15, 0.2) is 35.2 Å². The normalized spacial score (nSPS) is 20.0. The largest absolute Gasteiger partial charge is 0.295 e. The van der Waals surface area contributed by atoms with E-state index in [1.54, 1.807) is 24.3 Å². The quantitative estimate of drug-likeness (QED) is 0.466. The van der Waals surface area contributed by atoms with E-state index >= 15 is 0 Å². The van der Waals surface area contributed by atoms with Crippen LogP contribution < -0.4 is 4.90 Å². The number of piperazine rings is 1. The van der Waals surface area contributed by atoms with Crippen molar-refractivity contribution in [2.24, 2.45) is 0 Å². The molecule has 0 aliphatic carbocycles. The summed E-state index contributed by atoms with van der Waals surface area (Å²) in [5, 5.41) is 0. The average Bonchev–Trinajstić information content (AvgIpc) is 3.11. The second-order valence-corrected chi connectivity index (χ2v) is 11.3. The summed E-state index contributed by atoms with van der Waals surface area (Å²) in [5.74, 6) is -0.706. The van der Waals surface area contributed by atoms with E-state index in [4.69, 9.17) is 0 Å². The van der Waals surface area contributed by atoms with E-state index in [0.29, 0.717) is 29.2 Å². The van der Waals surface area contributed by atoms with E-state index in [-0.39, 0.29) is 37.1 Å². The van der Waals surface area contributed by atoms with Gasteiger partial charge in [-0.25, -0.2) is 13.3 Å². The van der Waals surface area contributed by atoms with Crippen LogP contribution in [0, 0.1) is 27.7 Å². The van der Waals surface area contributed by atoms with Crippen LogP contribution in [0.2, 0.25) is 0 Å². The van der Waals surface area contributed by atoms with Gasteiger partial charge in [0.1, 0.15) is 0 Å². The number of ketones is 1. The zero-order valence-electron chi connectivity index (χ0n) is 20.8. The molecule has 9 heteroatoms. The van der Waals surface area contributed by atoms with E-state index in [2.05, 4.69) is 0 Å². The predicted octanol–water partition coefficient (Wildman–Crippen LogP) is 2.76. The maximum Gasteiger partial charge on any atom is 0.251 e. The molecule has 0 radical (unpaired) electrons. The highest BCUT2D eigenvalue weighted by Gasteiger charge is 2.44. The summed E-state index contributed by atoms with van der Waals surface area (Å²) in [4.78, 5) is 40.8. The highest BCUT2D eigenvalue weighted by molar-refractivity contribution is 7.89. The molecule has 4 rings (SSSR count). The van der Waals surface area contributed by atoms with E-state index < -0.39 is 16.1 Å². The van der Waals surface area contributed by atoms with Gasteiger partial charge in [0.05, 0.1) is 23.0 Å². The Kier molecular flexibility index (Phi) is 6.70. The summed E-state index contributed by atoms with van der Waals surface area (Å²) in [6.07, 6.45) is 0.0509. The van der Waals surface area contributed by atoms with Gasteiger partial charge in [0.25, 0.3) is 5.91 Å². The first kappa shape index (κ1) is 25.2. The van der Waals surface area contributed by atoms with Crippen LogP contribution in [0.1, 0.15) is 46.0 Å². The van der Waals surface area contributed by atoms with Crippen LogP contribution in [-0.2, 0) is 19.6 Å². The molecule has 2 saturated heterocycles. The molecule has 186 valence electrons. The van der Waals surface area contributed by atoms with Gasteiger partial charge in [-0.1, -0.05) is 6.07 Å². The first-order chi connectivity index (χ1) is 16.4. The summed E-state index contributed by atoms with van der Waals surface area (Å²) in [7, 11) is -3.69. The number of Topliss-reactive ketones (excluding diaryl/α,β-unsaturated/α-hetero) is 1. The highest BCUT2D eigenvalue weighted by Crippen LogP contribution is 2.31. The van der Waals surface area contributed by atoms with Crippen LogP contribution in [0.5, 0.6) is 0 Å². The van der Waals surface area contributed by atoms with Gasteiger partial charge < -0.3 is 0 Å². The molecule has 0 aromatic heterocycles. The molecule has 2 aromatic rings. The summed E-state index contributed by atoms with van der Waals surface area (Å²) < 4.78 is 28.6. The number of anilines is 1. The molecule has 1 unspecified atom stereocenters. The lowest BCUT2D eigenvalue weighted by Gasteiger charge is -2.36. The molecule has 0 bridgehead atoms. The number of carbonyl (C=O) groups excluding carboxylic acids is 3. The lowest BCUT2D eigenvalue weighted by molar-refractivity contribution is -0.123. The minimum Gasteiger partial charge on any atom is -0.295 e. The monoisotopic (exact) mass is 497 g/mol. The fourth-order valence-corrected chi connectivity index (χ4v) is 6.97. The third-order valence-electron chi connectivity index (χ3n) is 7.26. The summed E-state index contributed by atoms with van der Waals surface area (Å²) in [6.45, 7) is 10.2. The van der Waals surface area contributed by atoms with Crippen molar-refractivity contribution in [2.45, 2.75) is 52.0 Å². The number of imide groups is 1. The summed E-state index contributed by atoms with van der Waals surface area (Å²) in [5.41, 5.74) is 4.36. The number of carbonyl (C=O) groups is 3. The zero-order chi connectivity index (χ0) is 25.7. The Labute approximate surface area is 206 Å². The van der Waals surface area contributed by atoms with Gasteiger partial charge in [-0.2, -0.15) is 4.31 Å². The Morgan fingerprint density at radius 2 is 1.43 bits per heavy atom. The van der Waals surface area contributed by atoms with Crippen molar-refractivity contribution in [3.8, 4) is 0 Å². The second-order valence-electron chi connectivity index (χ2n) is 9.42. The number of amides is 2. The average molecular weight is 498 g/mol. The SMILES string of the molecule is CC(=O)c1ccc(N2C(=O)CC(N3CCN(S(=O)(=O)c4c(C)c(C)cc(C)c4C)CC3)C2=O)cc1. The number of aryl methyl sites for hydroxylation is 2. The molecular weight excluding hydrogens is 466 g/mol. The van der Waals surface area contributed by atoms with Crippen molar-refractivity contribution in [1.29, 1.82) is 0 Å². The number of hydrogen-bond acceptors (Lipinski definition) is 6. The van der Waals surface area contributed by atoms with Crippen LogP contribution >= 0.6 is 0 Å². The van der Waals surface area contributed by atoms with Crippen molar-refractivity contribution < 1.29 is 22.8 Å². The van der Waals surface area contributed by atoms with E-state index in [1.165, 1.54) is 16.1 Å². The van der Waals surface area contributed by atoms with E-state index in [1.807, 2.05) is 38.7 Å². The Bertz CT molecular complexity index is 1280. The lowest BCUT2D eigenvalue weighted by atomic mass is 10.0. The first-order valence-corrected chi connectivity index (χ1v) is 13.2. The Morgan fingerprint density at radius 3 is 1.94 bits per heavy atom. The molecule has 2 amide bonds. The molecule has 0 saturated carbocycles. The van der Waals surface area contributed by atoms with E-state index in [0.717, 1.165) is 22.3 Å². The van der Waals surface area contributed by atoms with Crippen LogP contribution in [0.3, 0.4) is 0 Å². The van der Waals surface area contributed by atoms with Crippen molar-refractivity contribution in [3.05, 3.63) is 58.1 Å². The maximum absolute atomic E-state index is 13.5. The van der Waals surface area contributed by atoms with Crippen LogP contribution in [0.25, 0.3) is 0 Å². The van der Waals surface area contributed by atoms with Gasteiger partial charge in [0.15, 0.2) is 5.78 Å². The molecule has 2 aliphatic rings.